The lowest BCUT2D eigenvalue weighted by Gasteiger charge is -2.31. The van der Waals surface area contributed by atoms with Gasteiger partial charge in [0, 0.05) is 19.0 Å². The molecule has 0 N–H and O–H groups in total. The molecule has 1 aliphatic rings. The van der Waals surface area contributed by atoms with Crippen molar-refractivity contribution in [2.24, 2.45) is 0 Å². The van der Waals surface area contributed by atoms with Crippen LogP contribution in [0.5, 0.6) is 0 Å². The summed E-state index contributed by atoms with van der Waals surface area (Å²) in [6.07, 6.45) is 2.78. The normalized spacial score (nSPS) is 18.0. The lowest BCUT2D eigenvalue weighted by atomic mass is 9.97. The largest absolute Gasteiger partial charge is 0.361 e. The second-order valence-corrected chi connectivity index (χ2v) is 7.59. The Hall–Kier alpha value is -2.21. The lowest BCUT2D eigenvalue weighted by Crippen LogP contribution is -2.39. The van der Waals surface area contributed by atoms with Gasteiger partial charge in [0.25, 0.3) is 5.91 Å². The number of hydrogen-bond donors (Lipinski definition) is 0. The molecule has 5 nitrogen and oxygen atoms in total. The quantitative estimate of drug-likeness (QED) is 0.707. The molecule has 0 bridgehead atoms. The van der Waals surface area contributed by atoms with E-state index in [4.69, 9.17) is 9.51 Å². The average Bonchev–Trinajstić information content (AvgIpc) is 3.24. The molecule has 2 aromatic heterocycles. The molecule has 1 atom stereocenters. The molecule has 0 aliphatic carbocycles. The van der Waals surface area contributed by atoms with E-state index >= 15 is 0 Å². The maximum absolute atomic E-state index is 13.0. The molecule has 1 amide bonds. The smallest absolute Gasteiger partial charge is 0.259 e. The van der Waals surface area contributed by atoms with Crippen molar-refractivity contribution >= 4 is 27.5 Å². The first-order valence-corrected chi connectivity index (χ1v) is 9.59. The summed E-state index contributed by atoms with van der Waals surface area (Å²) in [4.78, 5) is 19.8. The van der Waals surface area contributed by atoms with Gasteiger partial charge in [-0.25, -0.2) is 4.98 Å². The molecule has 1 saturated heterocycles. The summed E-state index contributed by atoms with van der Waals surface area (Å²) in [5.74, 6) is 0.964. The summed E-state index contributed by atoms with van der Waals surface area (Å²) in [6, 6.07) is 8.22. The second-order valence-electron chi connectivity index (χ2n) is 6.52. The number of carbonyl (C=O) groups excluding carboxylic acids is 1. The molecule has 130 valence electrons. The van der Waals surface area contributed by atoms with Crippen LogP contribution in [0.15, 0.2) is 28.8 Å². The third-order valence-electron chi connectivity index (χ3n) is 4.85. The summed E-state index contributed by atoms with van der Waals surface area (Å²) < 4.78 is 6.45. The van der Waals surface area contributed by atoms with Crippen molar-refractivity contribution in [2.45, 2.75) is 39.0 Å². The van der Waals surface area contributed by atoms with Gasteiger partial charge in [-0.3, -0.25) is 4.79 Å². The number of para-hydroxylation sites is 1. The molecule has 0 radical (unpaired) electrons. The molecule has 6 heteroatoms. The molecule has 1 unspecified atom stereocenters. The van der Waals surface area contributed by atoms with Crippen molar-refractivity contribution in [2.75, 3.05) is 13.1 Å². The van der Waals surface area contributed by atoms with E-state index in [1.165, 1.54) is 4.70 Å². The van der Waals surface area contributed by atoms with E-state index in [0.29, 0.717) is 30.2 Å². The number of benzene rings is 1. The zero-order valence-electron chi connectivity index (χ0n) is 14.5. The first kappa shape index (κ1) is 16.3. The molecule has 4 rings (SSSR count). The summed E-state index contributed by atoms with van der Waals surface area (Å²) in [6.45, 7) is 5.31. The predicted octanol–water partition coefficient (Wildman–Crippen LogP) is 4.17. The van der Waals surface area contributed by atoms with E-state index in [2.05, 4.69) is 17.3 Å². The number of rotatable bonds is 3. The van der Waals surface area contributed by atoms with Gasteiger partial charge in [0.2, 0.25) is 0 Å². The average molecular weight is 355 g/mol. The van der Waals surface area contributed by atoms with E-state index in [9.17, 15) is 4.79 Å². The first-order chi connectivity index (χ1) is 12.2. The molecule has 1 fully saturated rings. The van der Waals surface area contributed by atoms with Crippen LogP contribution in [0.1, 0.15) is 52.5 Å². The molecular weight excluding hydrogens is 334 g/mol. The van der Waals surface area contributed by atoms with Crippen LogP contribution < -0.4 is 0 Å². The molecule has 1 aromatic carbocycles. The van der Waals surface area contributed by atoms with Gasteiger partial charge in [0.15, 0.2) is 0 Å². The Kier molecular flexibility index (Phi) is 4.29. The van der Waals surface area contributed by atoms with Gasteiger partial charge in [-0.2, -0.15) is 0 Å². The minimum Gasteiger partial charge on any atom is -0.361 e. The van der Waals surface area contributed by atoms with E-state index in [0.717, 1.165) is 35.6 Å². The van der Waals surface area contributed by atoms with Gasteiger partial charge in [-0.1, -0.05) is 24.2 Å². The highest BCUT2D eigenvalue weighted by Gasteiger charge is 2.30. The topological polar surface area (TPSA) is 59.2 Å². The van der Waals surface area contributed by atoms with Crippen LogP contribution in [0.3, 0.4) is 0 Å². The van der Waals surface area contributed by atoms with Gasteiger partial charge < -0.3 is 9.42 Å². The minimum atomic E-state index is 0.0430. The second kappa shape index (κ2) is 6.59. The number of carbonyl (C=O) groups is 1. The number of thiazole rings is 1. The number of aromatic nitrogens is 2. The van der Waals surface area contributed by atoms with E-state index in [1.54, 1.807) is 11.3 Å². The Balaban J connectivity index is 1.58. The third kappa shape index (κ3) is 2.95. The fourth-order valence-corrected chi connectivity index (χ4v) is 4.61. The van der Waals surface area contributed by atoms with E-state index in [1.807, 2.05) is 30.9 Å². The van der Waals surface area contributed by atoms with Crippen molar-refractivity contribution in [3.05, 3.63) is 46.3 Å². The van der Waals surface area contributed by atoms with E-state index in [-0.39, 0.29) is 5.91 Å². The Bertz CT molecular complexity index is 881. The van der Waals surface area contributed by atoms with E-state index < -0.39 is 0 Å². The Morgan fingerprint density at radius 1 is 1.40 bits per heavy atom. The molecule has 0 saturated carbocycles. The molecule has 25 heavy (non-hydrogen) atoms. The van der Waals surface area contributed by atoms with Crippen LogP contribution in [0.2, 0.25) is 0 Å². The number of amides is 1. The zero-order chi connectivity index (χ0) is 17.4. The van der Waals surface area contributed by atoms with Crippen molar-refractivity contribution in [3.8, 4) is 0 Å². The molecule has 0 spiro atoms. The highest BCUT2D eigenvalue weighted by atomic mass is 32.1. The van der Waals surface area contributed by atoms with Crippen LogP contribution in [0, 0.1) is 6.92 Å². The Labute approximate surface area is 150 Å². The molecule has 3 aromatic rings. The Morgan fingerprint density at radius 2 is 2.24 bits per heavy atom. The number of nitrogens with zero attached hydrogens (tertiary/aromatic N) is 3. The third-order valence-corrected chi connectivity index (χ3v) is 6.05. The number of aryl methyl sites for hydroxylation is 2. The van der Waals surface area contributed by atoms with Gasteiger partial charge in [-0.15, -0.1) is 11.3 Å². The van der Waals surface area contributed by atoms with Gasteiger partial charge >= 0.3 is 0 Å². The van der Waals surface area contributed by atoms with Crippen LogP contribution in [-0.2, 0) is 6.42 Å². The number of piperidine rings is 1. The van der Waals surface area contributed by atoms with Crippen LogP contribution >= 0.6 is 11.3 Å². The Morgan fingerprint density at radius 3 is 3.04 bits per heavy atom. The predicted molar refractivity (Wildman–Crippen MR) is 98.1 cm³/mol. The number of fused-ring (bicyclic) bond motifs is 1. The van der Waals surface area contributed by atoms with Crippen LogP contribution in [-0.4, -0.2) is 34.0 Å². The standard InChI is InChI=1S/C19H21N3O2S/c1-3-14-17(12(2)24-21-14)19(23)22-10-6-7-13(11-22)18-20-15-8-4-5-9-16(15)25-18/h4-5,8-9,13H,3,6-7,10-11H2,1-2H3. The van der Waals surface area contributed by atoms with Gasteiger partial charge in [-0.05, 0) is 38.3 Å². The highest BCUT2D eigenvalue weighted by Crippen LogP contribution is 2.33. The highest BCUT2D eigenvalue weighted by molar-refractivity contribution is 7.18. The van der Waals surface area contributed by atoms with Gasteiger partial charge in [0.05, 0.1) is 20.9 Å². The van der Waals surface area contributed by atoms with Crippen molar-refractivity contribution in [1.29, 1.82) is 0 Å². The van der Waals surface area contributed by atoms with Crippen LogP contribution in [0.25, 0.3) is 10.2 Å². The molecule has 1 aliphatic heterocycles. The maximum atomic E-state index is 13.0. The fraction of sp³-hybridized carbons (Fsp3) is 0.421. The van der Waals surface area contributed by atoms with Crippen molar-refractivity contribution in [3.63, 3.8) is 0 Å². The summed E-state index contributed by atoms with van der Waals surface area (Å²) in [5, 5.41) is 5.16. The van der Waals surface area contributed by atoms with Crippen molar-refractivity contribution in [1.82, 2.24) is 15.0 Å². The lowest BCUT2D eigenvalue weighted by molar-refractivity contribution is 0.0704. The maximum Gasteiger partial charge on any atom is 0.259 e. The van der Waals surface area contributed by atoms with Crippen LogP contribution in [0.4, 0.5) is 0 Å². The zero-order valence-corrected chi connectivity index (χ0v) is 15.3. The fourth-order valence-electron chi connectivity index (χ4n) is 3.52. The summed E-state index contributed by atoms with van der Waals surface area (Å²) in [5.41, 5.74) is 2.45. The number of likely N-dealkylation sites (tertiary alicyclic amines) is 1. The first-order valence-electron chi connectivity index (χ1n) is 8.77. The number of hydrogen-bond acceptors (Lipinski definition) is 5. The molecular formula is C19H21N3O2S. The minimum absolute atomic E-state index is 0.0430. The van der Waals surface area contributed by atoms with Crippen molar-refractivity contribution < 1.29 is 9.32 Å². The summed E-state index contributed by atoms with van der Waals surface area (Å²) >= 11 is 1.75. The SMILES string of the molecule is CCc1noc(C)c1C(=O)N1CCCC(c2nc3ccccc3s2)C1. The van der Waals surface area contributed by atoms with Gasteiger partial charge in [0.1, 0.15) is 11.3 Å². The monoisotopic (exact) mass is 355 g/mol. The summed E-state index contributed by atoms with van der Waals surface area (Å²) in [7, 11) is 0. The molecule has 3 heterocycles.